The van der Waals surface area contributed by atoms with Crippen LogP contribution in [0.2, 0.25) is 0 Å². The minimum absolute atomic E-state index is 0.762. The van der Waals surface area contributed by atoms with Crippen molar-refractivity contribution >= 4 is 28.4 Å². The normalized spacial score (nSPS) is 16.3. The van der Waals surface area contributed by atoms with Crippen molar-refractivity contribution in [2.75, 3.05) is 31.1 Å². The molecule has 4 rings (SSSR count). The van der Waals surface area contributed by atoms with Gasteiger partial charge in [0.15, 0.2) is 5.65 Å². The molecule has 1 saturated heterocycles. The van der Waals surface area contributed by atoms with Crippen LogP contribution in [0.1, 0.15) is 10.7 Å². The number of aromatic nitrogens is 5. The van der Waals surface area contributed by atoms with Crippen LogP contribution in [0.3, 0.4) is 0 Å². The number of nitrogens with zero attached hydrogens (tertiary/aromatic N) is 7. The molecule has 120 valence electrons. The maximum absolute atomic E-state index is 4.59. The van der Waals surface area contributed by atoms with Gasteiger partial charge < -0.3 is 9.47 Å². The van der Waals surface area contributed by atoms with Gasteiger partial charge in [0, 0.05) is 45.2 Å². The number of fused-ring (bicyclic) bond motifs is 1. The molecule has 0 bridgehead atoms. The van der Waals surface area contributed by atoms with Gasteiger partial charge in [-0.05, 0) is 6.92 Å². The first-order valence-electron chi connectivity index (χ1n) is 7.71. The van der Waals surface area contributed by atoms with Gasteiger partial charge in [0.25, 0.3) is 0 Å². The second-order valence-electron chi connectivity index (χ2n) is 5.86. The van der Waals surface area contributed by atoms with Crippen LogP contribution in [0.25, 0.3) is 11.2 Å². The minimum Gasteiger partial charge on any atom is -0.338 e. The van der Waals surface area contributed by atoms with Gasteiger partial charge in [0.2, 0.25) is 5.95 Å². The molecule has 0 amide bonds. The van der Waals surface area contributed by atoms with Crippen LogP contribution in [0.4, 0.5) is 5.95 Å². The lowest BCUT2D eigenvalue weighted by Gasteiger charge is -2.34. The molecule has 3 aromatic rings. The van der Waals surface area contributed by atoms with Crippen molar-refractivity contribution in [1.82, 2.24) is 29.4 Å². The van der Waals surface area contributed by atoms with E-state index in [1.54, 1.807) is 17.7 Å². The standard InChI is InChI=1S/C15H19N7S/c1-11-18-12(9-23-11)8-21-3-5-22(6-4-21)15-16-7-13-14(19-15)17-10-20(13)2/h7,9-10H,3-6,8H2,1-2H3. The average molecular weight is 329 g/mol. The van der Waals surface area contributed by atoms with Crippen LogP contribution in [0.15, 0.2) is 17.9 Å². The Balaban J connectivity index is 1.41. The molecule has 0 atom stereocenters. The summed E-state index contributed by atoms with van der Waals surface area (Å²) in [6.45, 7) is 6.85. The quantitative estimate of drug-likeness (QED) is 0.725. The lowest BCUT2D eigenvalue weighted by Crippen LogP contribution is -2.46. The largest absolute Gasteiger partial charge is 0.338 e. The van der Waals surface area contributed by atoms with Gasteiger partial charge in [-0.25, -0.2) is 15.0 Å². The number of piperazine rings is 1. The van der Waals surface area contributed by atoms with Crippen molar-refractivity contribution in [1.29, 1.82) is 0 Å². The van der Waals surface area contributed by atoms with Crippen molar-refractivity contribution in [3.05, 3.63) is 28.6 Å². The summed E-state index contributed by atoms with van der Waals surface area (Å²) >= 11 is 1.72. The van der Waals surface area contributed by atoms with Crippen molar-refractivity contribution in [2.24, 2.45) is 7.05 Å². The van der Waals surface area contributed by atoms with Crippen LogP contribution in [-0.4, -0.2) is 55.6 Å². The predicted octanol–water partition coefficient (Wildman–Crippen LogP) is 1.45. The Labute approximate surface area is 138 Å². The molecular weight excluding hydrogens is 310 g/mol. The van der Waals surface area contributed by atoms with Crippen LogP contribution < -0.4 is 4.90 Å². The number of rotatable bonds is 3. The summed E-state index contributed by atoms with van der Waals surface area (Å²) in [5.74, 6) is 0.778. The van der Waals surface area contributed by atoms with E-state index in [-0.39, 0.29) is 0 Å². The Morgan fingerprint density at radius 1 is 1.13 bits per heavy atom. The molecule has 8 heteroatoms. The number of aryl methyl sites for hydroxylation is 2. The lowest BCUT2D eigenvalue weighted by atomic mass is 10.3. The van der Waals surface area contributed by atoms with Crippen molar-refractivity contribution in [2.45, 2.75) is 13.5 Å². The summed E-state index contributed by atoms with van der Waals surface area (Å²) in [5, 5.41) is 3.29. The Kier molecular flexibility index (Phi) is 3.70. The van der Waals surface area contributed by atoms with Crippen molar-refractivity contribution in [3.8, 4) is 0 Å². The topological polar surface area (TPSA) is 63.0 Å². The molecule has 0 N–H and O–H groups in total. The smallest absolute Gasteiger partial charge is 0.227 e. The molecule has 0 radical (unpaired) electrons. The van der Waals surface area contributed by atoms with Gasteiger partial charge in [0.05, 0.1) is 23.2 Å². The van der Waals surface area contributed by atoms with Gasteiger partial charge in [0.1, 0.15) is 5.52 Å². The van der Waals surface area contributed by atoms with E-state index in [1.165, 1.54) is 5.69 Å². The molecule has 0 unspecified atom stereocenters. The van der Waals surface area contributed by atoms with E-state index in [2.05, 4.69) is 42.0 Å². The van der Waals surface area contributed by atoms with Gasteiger partial charge in [-0.2, -0.15) is 4.98 Å². The van der Waals surface area contributed by atoms with E-state index in [9.17, 15) is 0 Å². The maximum Gasteiger partial charge on any atom is 0.227 e. The summed E-state index contributed by atoms with van der Waals surface area (Å²) < 4.78 is 1.94. The predicted molar refractivity (Wildman–Crippen MR) is 90.6 cm³/mol. The van der Waals surface area contributed by atoms with Crippen LogP contribution in [0.5, 0.6) is 0 Å². The summed E-state index contributed by atoms with van der Waals surface area (Å²) in [6, 6.07) is 0. The molecule has 1 fully saturated rings. The van der Waals surface area contributed by atoms with E-state index in [0.717, 1.165) is 54.8 Å². The Hall–Kier alpha value is -2.06. The first kappa shape index (κ1) is 14.5. The first-order chi connectivity index (χ1) is 11.2. The van der Waals surface area contributed by atoms with Crippen LogP contribution in [-0.2, 0) is 13.6 Å². The summed E-state index contributed by atoms with van der Waals surface area (Å²) in [4.78, 5) is 22.6. The average Bonchev–Trinajstić information content (AvgIpc) is 3.14. The lowest BCUT2D eigenvalue weighted by molar-refractivity contribution is 0.246. The zero-order chi connectivity index (χ0) is 15.8. The van der Waals surface area contributed by atoms with E-state index < -0.39 is 0 Å². The third kappa shape index (κ3) is 2.91. The fraction of sp³-hybridized carbons (Fsp3) is 0.467. The van der Waals surface area contributed by atoms with E-state index in [0.29, 0.717) is 0 Å². The Bertz CT molecular complexity index is 816. The van der Waals surface area contributed by atoms with Crippen molar-refractivity contribution < 1.29 is 0 Å². The molecule has 7 nitrogen and oxygen atoms in total. The zero-order valence-electron chi connectivity index (χ0n) is 13.3. The zero-order valence-corrected chi connectivity index (χ0v) is 14.1. The molecular formula is C15H19N7S. The number of hydrogen-bond acceptors (Lipinski definition) is 7. The highest BCUT2D eigenvalue weighted by Gasteiger charge is 2.20. The highest BCUT2D eigenvalue weighted by Crippen LogP contribution is 2.17. The summed E-state index contributed by atoms with van der Waals surface area (Å²) in [7, 11) is 1.96. The first-order valence-corrected chi connectivity index (χ1v) is 8.59. The molecule has 0 aliphatic carbocycles. The molecule has 3 aromatic heterocycles. The van der Waals surface area contributed by atoms with Gasteiger partial charge >= 0.3 is 0 Å². The Morgan fingerprint density at radius 3 is 2.70 bits per heavy atom. The Morgan fingerprint density at radius 2 is 1.96 bits per heavy atom. The fourth-order valence-electron chi connectivity index (χ4n) is 2.87. The van der Waals surface area contributed by atoms with E-state index >= 15 is 0 Å². The molecule has 0 spiro atoms. The third-order valence-corrected chi connectivity index (χ3v) is 5.00. The third-order valence-electron chi connectivity index (χ3n) is 4.18. The molecule has 1 aliphatic heterocycles. The highest BCUT2D eigenvalue weighted by molar-refractivity contribution is 7.09. The molecule has 4 heterocycles. The van der Waals surface area contributed by atoms with E-state index in [4.69, 9.17) is 0 Å². The molecule has 1 aliphatic rings. The summed E-state index contributed by atoms with van der Waals surface area (Å²) in [5.41, 5.74) is 2.90. The highest BCUT2D eigenvalue weighted by atomic mass is 32.1. The van der Waals surface area contributed by atoms with Gasteiger partial charge in [-0.1, -0.05) is 0 Å². The fourth-order valence-corrected chi connectivity index (χ4v) is 3.48. The van der Waals surface area contributed by atoms with Crippen LogP contribution in [0, 0.1) is 6.92 Å². The van der Waals surface area contributed by atoms with Gasteiger partial charge in [-0.15, -0.1) is 11.3 Å². The maximum atomic E-state index is 4.59. The molecule has 0 saturated carbocycles. The number of anilines is 1. The molecule has 0 aromatic carbocycles. The molecule has 23 heavy (non-hydrogen) atoms. The van der Waals surface area contributed by atoms with Crippen molar-refractivity contribution in [3.63, 3.8) is 0 Å². The number of hydrogen-bond donors (Lipinski definition) is 0. The second kappa shape index (κ2) is 5.86. The number of thiazole rings is 1. The van der Waals surface area contributed by atoms with Gasteiger partial charge in [-0.3, -0.25) is 4.90 Å². The minimum atomic E-state index is 0.762. The number of imidazole rings is 1. The second-order valence-corrected chi connectivity index (χ2v) is 6.92. The van der Waals surface area contributed by atoms with Crippen LogP contribution >= 0.6 is 11.3 Å². The summed E-state index contributed by atoms with van der Waals surface area (Å²) in [6.07, 6.45) is 3.63. The SMILES string of the molecule is Cc1nc(CN2CCN(c3ncc4c(ncn4C)n3)CC2)cs1. The van der Waals surface area contributed by atoms with E-state index in [1.807, 2.05) is 17.8 Å². The monoisotopic (exact) mass is 329 g/mol.